The molecule has 0 aliphatic heterocycles. The molecule has 3 aromatic rings. The summed E-state index contributed by atoms with van der Waals surface area (Å²) < 4.78 is 6.84. The Kier molecular flexibility index (Phi) is 5.66. The van der Waals surface area contributed by atoms with Gasteiger partial charge in [-0.25, -0.2) is 4.68 Å². The molecule has 3 rings (SSSR count). The number of rotatable bonds is 6. The lowest BCUT2D eigenvalue weighted by Crippen LogP contribution is -2.35. The Morgan fingerprint density at radius 1 is 1.15 bits per heavy atom. The van der Waals surface area contributed by atoms with E-state index in [1.165, 1.54) is 5.56 Å². The normalized spacial score (nSPS) is 12.0. The Labute approximate surface area is 159 Å². The predicted molar refractivity (Wildman–Crippen MR) is 105 cm³/mol. The number of ether oxygens (including phenoxy) is 1. The van der Waals surface area contributed by atoms with Crippen LogP contribution in [0, 0.1) is 13.8 Å². The van der Waals surface area contributed by atoms with Crippen molar-refractivity contribution in [3.8, 4) is 16.8 Å². The summed E-state index contributed by atoms with van der Waals surface area (Å²) in [5, 5.41) is 11.1. The Morgan fingerprint density at radius 3 is 2.52 bits per heavy atom. The van der Waals surface area contributed by atoms with Gasteiger partial charge in [0.15, 0.2) is 0 Å². The van der Waals surface area contributed by atoms with Crippen molar-refractivity contribution in [3.05, 3.63) is 65.5 Å². The Morgan fingerprint density at radius 2 is 1.89 bits per heavy atom. The maximum absolute atomic E-state index is 12.8. The third kappa shape index (κ3) is 4.41. The van der Waals surface area contributed by atoms with Crippen molar-refractivity contribution >= 4 is 5.91 Å². The third-order valence-corrected chi connectivity index (χ3v) is 4.32. The number of amides is 1. The van der Waals surface area contributed by atoms with Gasteiger partial charge in [-0.05, 0) is 50.1 Å². The molecule has 140 valence electrons. The summed E-state index contributed by atoms with van der Waals surface area (Å²) in [5.74, 6) is -0.146. The van der Waals surface area contributed by atoms with Crippen LogP contribution in [0.25, 0.3) is 16.8 Å². The van der Waals surface area contributed by atoms with Crippen molar-refractivity contribution < 1.29 is 9.53 Å². The molecule has 0 saturated heterocycles. The zero-order valence-corrected chi connectivity index (χ0v) is 16.1. The first-order valence-corrected chi connectivity index (χ1v) is 8.87. The quantitative estimate of drug-likeness (QED) is 0.728. The zero-order chi connectivity index (χ0) is 19.4. The van der Waals surface area contributed by atoms with E-state index in [2.05, 4.69) is 46.8 Å². The van der Waals surface area contributed by atoms with Crippen LogP contribution in [0.1, 0.15) is 28.5 Å². The van der Waals surface area contributed by atoms with Gasteiger partial charge in [0.2, 0.25) is 0 Å². The summed E-state index contributed by atoms with van der Waals surface area (Å²) in [4.78, 5) is 12.8. The van der Waals surface area contributed by atoms with Gasteiger partial charge in [0.1, 0.15) is 0 Å². The van der Waals surface area contributed by atoms with E-state index in [4.69, 9.17) is 4.74 Å². The number of benzene rings is 2. The van der Waals surface area contributed by atoms with Gasteiger partial charge >= 0.3 is 0 Å². The van der Waals surface area contributed by atoms with Gasteiger partial charge in [-0.2, -0.15) is 0 Å². The van der Waals surface area contributed by atoms with Crippen molar-refractivity contribution in [3.63, 3.8) is 0 Å². The Bertz CT molecular complexity index is 932. The van der Waals surface area contributed by atoms with Gasteiger partial charge in [0.05, 0.1) is 24.2 Å². The van der Waals surface area contributed by atoms with Crippen LogP contribution >= 0.6 is 0 Å². The molecule has 1 amide bonds. The molecule has 0 spiro atoms. The molecule has 0 saturated carbocycles. The third-order valence-electron chi connectivity index (χ3n) is 4.32. The molecule has 0 fully saturated rings. The topological polar surface area (TPSA) is 69.0 Å². The van der Waals surface area contributed by atoms with Crippen LogP contribution in [-0.2, 0) is 4.74 Å². The minimum Gasteiger partial charge on any atom is -0.383 e. The van der Waals surface area contributed by atoms with Crippen LogP contribution < -0.4 is 5.32 Å². The minimum atomic E-state index is -0.146. The molecule has 27 heavy (non-hydrogen) atoms. The fourth-order valence-electron chi connectivity index (χ4n) is 2.92. The molecule has 1 atom stereocenters. The number of nitrogens with zero attached hydrogens (tertiary/aromatic N) is 3. The number of aryl methyl sites for hydroxylation is 2. The highest BCUT2D eigenvalue weighted by atomic mass is 16.5. The SMILES string of the molecule is COCC(C)NC(=O)c1cc(-c2ccc(C)cc2)cc(-n2nncc2C)c1. The summed E-state index contributed by atoms with van der Waals surface area (Å²) in [6.07, 6.45) is 1.69. The summed E-state index contributed by atoms with van der Waals surface area (Å²) in [5.41, 5.74) is 5.45. The van der Waals surface area contributed by atoms with Gasteiger partial charge in [-0.15, -0.1) is 5.10 Å². The molecule has 0 aliphatic carbocycles. The fourth-order valence-corrected chi connectivity index (χ4v) is 2.92. The van der Waals surface area contributed by atoms with E-state index < -0.39 is 0 Å². The molecule has 2 aromatic carbocycles. The molecular weight excluding hydrogens is 340 g/mol. The van der Waals surface area contributed by atoms with Gasteiger partial charge in [-0.3, -0.25) is 4.79 Å². The second-order valence-corrected chi connectivity index (χ2v) is 6.75. The lowest BCUT2D eigenvalue weighted by atomic mass is 10.0. The highest BCUT2D eigenvalue weighted by Crippen LogP contribution is 2.25. The highest BCUT2D eigenvalue weighted by molar-refractivity contribution is 5.96. The largest absolute Gasteiger partial charge is 0.383 e. The van der Waals surface area contributed by atoms with Gasteiger partial charge < -0.3 is 10.1 Å². The summed E-state index contributed by atoms with van der Waals surface area (Å²) >= 11 is 0. The predicted octanol–water partition coefficient (Wildman–Crippen LogP) is 3.32. The summed E-state index contributed by atoms with van der Waals surface area (Å²) in [6, 6.07) is 13.9. The van der Waals surface area contributed by atoms with E-state index in [9.17, 15) is 4.79 Å². The molecule has 6 heteroatoms. The Hall–Kier alpha value is -2.99. The summed E-state index contributed by atoms with van der Waals surface area (Å²) in [7, 11) is 1.62. The van der Waals surface area contributed by atoms with Crippen LogP contribution in [0.4, 0.5) is 0 Å². The number of hydrogen-bond acceptors (Lipinski definition) is 4. The minimum absolute atomic E-state index is 0.0814. The van der Waals surface area contributed by atoms with Crippen LogP contribution in [0.15, 0.2) is 48.7 Å². The number of carbonyl (C=O) groups is 1. The smallest absolute Gasteiger partial charge is 0.251 e. The highest BCUT2D eigenvalue weighted by Gasteiger charge is 2.14. The van der Waals surface area contributed by atoms with Crippen LogP contribution in [0.5, 0.6) is 0 Å². The monoisotopic (exact) mass is 364 g/mol. The zero-order valence-electron chi connectivity index (χ0n) is 16.1. The Balaban J connectivity index is 2.04. The first-order chi connectivity index (χ1) is 13.0. The molecule has 1 heterocycles. The lowest BCUT2D eigenvalue weighted by molar-refractivity contribution is 0.0905. The molecule has 0 radical (unpaired) electrons. The van der Waals surface area contributed by atoms with E-state index in [1.54, 1.807) is 18.0 Å². The number of carbonyl (C=O) groups excluding carboxylic acids is 1. The molecule has 1 N–H and O–H groups in total. The molecule has 1 unspecified atom stereocenters. The number of aromatic nitrogens is 3. The van der Waals surface area contributed by atoms with Gasteiger partial charge in [0.25, 0.3) is 5.91 Å². The van der Waals surface area contributed by atoms with Crippen molar-refractivity contribution in [2.24, 2.45) is 0 Å². The first-order valence-electron chi connectivity index (χ1n) is 8.87. The van der Waals surface area contributed by atoms with Crippen molar-refractivity contribution in [2.75, 3.05) is 13.7 Å². The standard InChI is InChI=1S/C21H24N4O2/c1-14-5-7-17(8-6-14)18-9-19(21(26)23-15(2)13-27-4)11-20(10-18)25-16(3)12-22-24-25/h5-12,15H,13H2,1-4H3,(H,23,26). The van der Waals surface area contributed by atoms with E-state index in [-0.39, 0.29) is 11.9 Å². The van der Waals surface area contributed by atoms with E-state index in [1.807, 2.05) is 32.0 Å². The van der Waals surface area contributed by atoms with E-state index >= 15 is 0 Å². The molecule has 1 aromatic heterocycles. The van der Waals surface area contributed by atoms with Crippen molar-refractivity contribution in [1.29, 1.82) is 0 Å². The second kappa shape index (κ2) is 8.14. The van der Waals surface area contributed by atoms with Crippen molar-refractivity contribution in [1.82, 2.24) is 20.3 Å². The number of methoxy groups -OCH3 is 1. The molecule has 0 aliphatic rings. The second-order valence-electron chi connectivity index (χ2n) is 6.75. The lowest BCUT2D eigenvalue weighted by Gasteiger charge is -2.15. The van der Waals surface area contributed by atoms with Crippen LogP contribution in [0.3, 0.4) is 0 Å². The van der Waals surface area contributed by atoms with Gasteiger partial charge in [0, 0.05) is 18.7 Å². The number of nitrogens with one attached hydrogen (secondary N) is 1. The first kappa shape index (κ1) is 18.8. The van der Waals surface area contributed by atoms with Crippen molar-refractivity contribution in [2.45, 2.75) is 26.8 Å². The molecule has 6 nitrogen and oxygen atoms in total. The van der Waals surface area contributed by atoms with Crippen LogP contribution in [-0.4, -0.2) is 40.7 Å². The van der Waals surface area contributed by atoms with Gasteiger partial charge in [-0.1, -0.05) is 35.0 Å². The van der Waals surface area contributed by atoms with E-state index in [0.29, 0.717) is 12.2 Å². The average molecular weight is 364 g/mol. The maximum atomic E-state index is 12.8. The summed E-state index contributed by atoms with van der Waals surface area (Å²) in [6.45, 7) is 6.35. The molecular formula is C21H24N4O2. The number of hydrogen-bond donors (Lipinski definition) is 1. The fraction of sp³-hybridized carbons (Fsp3) is 0.286. The van der Waals surface area contributed by atoms with E-state index in [0.717, 1.165) is 22.5 Å². The molecule has 0 bridgehead atoms. The average Bonchev–Trinajstić information content (AvgIpc) is 3.08. The maximum Gasteiger partial charge on any atom is 0.251 e. The van der Waals surface area contributed by atoms with Crippen LogP contribution in [0.2, 0.25) is 0 Å².